The molecule has 0 aliphatic rings. The molecule has 0 unspecified atom stereocenters. The second kappa shape index (κ2) is 7.47. The fraction of sp³-hybridized carbons (Fsp3) is 0.500. The molecule has 3 N–H and O–H groups in total. The Bertz CT molecular complexity index is 564. The Balaban J connectivity index is 2.70. The van der Waals surface area contributed by atoms with E-state index in [0.29, 0.717) is 23.6 Å². The number of hydrogen-bond acceptors (Lipinski definition) is 4. The number of aromatic hydroxyl groups is 1. The maximum absolute atomic E-state index is 10.9. The highest BCUT2D eigenvalue weighted by Crippen LogP contribution is 2.37. The van der Waals surface area contributed by atoms with E-state index in [4.69, 9.17) is 23.2 Å². The Morgan fingerprint density at radius 3 is 2.50 bits per heavy atom. The number of phenolic OH excluding ortho intramolecular Hbond substituents is 1. The van der Waals surface area contributed by atoms with Crippen molar-refractivity contribution >= 4 is 33.2 Å². The normalized spacial score (nSPS) is 13.4. The molecule has 0 amide bonds. The molecule has 1 rings (SSSR count). The molecule has 0 aliphatic carbocycles. The number of hydrogen-bond donors (Lipinski definition) is 3. The minimum absolute atomic E-state index is 0.0467. The van der Waals surface area contributed by atoms with Crippen molar-refractivity contribution in [3.05, 3.63) is 27.7 Å². The van der Waals surface area contributed by atoms with E-state index < -0.39 is 10.0 Å². The Labute approximate surface area is 129 Å². The number of sulfonamides is 1. The smallest absolute Gasteiger partial charge is 0.208 e. The molecule has 1 aromatic carbocycles. The predicted octanol–water partition coefficient (Wildman–Crippen LogP) is 2.29. The lowest BCUT2D eigenvalue weighted by molar-refractivity contribution is 0.442. The third kappa shape index (κ3) is 5.10. The molecule has 0 bridgehead atoms. The summed E-state index contributed by atoms with van der Waals surface area (Å²) in [6.07, 6.45) is 1.82. The molecule has 0 heterocycles. The highest BCUT2D eigenvalue weighted by atomic mass is 35.5. The second-order valence-corrected chi connectivity index (χ2v) is 7.00. The third-order valence-corrected chi connectivity index (χ3v) is 4.29. The molecular formula is C12H18Cl2N2O3S. The zero-order valence-corrected chi connectivity index (χ0v) is 13.6. The van der Waals surface area contributed by atoms with Crippen molar-refractivity contribution in [1.29, 1.82) is 0 Å². The topological polar surface area (TPSA) is 78.4 Å². The minimum Gasteiger partial charge on any atom is -0.506 e. The predicted molar refractivity (Wildman–Crippen MR) is 82.0 cm³/mol. The van der Waals surface area contributed by atoms with Crippen LogP contribution in [0.1, 0.15) is 24.9 Å². The van der Waals surface area contributed by atoms with Crippen LogP contribution in [0, 0.1) is 0 Å². The van der Waals surface area contributed by atoms with Crippen LogP contribution in [0.3, 0.4) is 0 Å². The summed E-state index contributed by atoms with van der Waals surface area (Å²) in [4.78, 5) is 0. The number of nitrogens with one attached hydrogen (secondary N) is 2. The van der Waals surface area contributed by atoms with Crippen molar-refractivity contribution in [1.82, 2.24) is 10.0 Å². The fourth-order valence-corrected chi connectivity index (χ4v) is 2.59. The van der Waals surface area contributed by atoms with Gasteiger partial charge in [-0.1, -0.05) is 36.2 Å². The monoisotopic (exact) mass is 340 g/mol. The number of halogens is 2. The highest BCUT2D eigenvalue weighted by Gasteiger charge is 2.17. The van der Waals surface area contributed by atoms with E-state index in [2.05, 4.69) is 10.0 Å². The molecule has 0 spiro atoms. The van der Waals surface area contributed by atoms with Crippen molar-refractivity contribution in [2.75, 3.05) is 19.3 Å². The summed E-state index contributed by atoms with van der Waals surface area (Å²) >= 11 is 11.7. The van der Waals surface area contributed by atoms with Crippen LogP contribution in [0.2, 0.25) is 10.0 Å². The fourth-order valence-electron chi connectivity index (χ4n) is 1.79. The quantitative estimate of drug-likeness (QED) is 0.665. The average molecular weight is 341 g/mol. The molecule has 0 aliphatic heterocycles. The van der Waals surface area contributed by atoms with Crippen LogP contribution in [0.4, 0.5) is 0 Å². The first kappa shape index (κ1) is 17.5. The Morgan fingerprint density at radius 1 is 1.30 bits per heavy atom. The zero-order chi connectivity index (χ0) is 15.3. The molecule has 0 aromatic heterocycles. The maximum Gasteiger partial charge on any atom is 0.208 e. The van der Waals surface area contributed by atoms with Gasteiger partial charge in [0.05, 0.1) is 11.3 Å². The van der Waals surface area contributed by atoms with E-state index in [9.17, 15) is 13.5 Å². The Kier molecular flexibility index (Phi) is 6.54. The highest BCUT2D eigenvalue weighted by molar-refractivity contribution is 7.88. The number of phenols is 1. The Hall–Kier alpha value is -0.530. The molecule has 8 heteroatoms. The van der Waals surface area contributed by atoms with Gasteiger partial charge in [-0.25, -0.2) is 13.1 Å². The molecule has 0 radical (unpaired) electrons. The van der Waals surface area contributed by atoms with Gasteiger partial charge in [-0.05, 0) is 12.5 Å². The van der Waals surface area contributed by atoms with Crippen LogP contribution in [0.5, 0.6) is 5.75 Å². The van der Waals surface area contributed by atoms with Gasteiger partial charge in [0.1, 0.15) is 10.8 Å². The van der Waals surface area contributed by atoms with Gasteiger partial charge in [-0.3, -0.25) is 0 Å². The van der Waals surface area contributed by atoms with Gasteiger partial charge in [0.25, 0.3) is 0 Å². The van der Waals surface area contributed by atoms with E-state index in [1.807, 2.05) is 6.92 Å². The molecule has 20 heavy (non-hydrogen) atoms. The lowest BCUT2D eigenvalue weighted by atomic mass is 10.0. The van der Waals surface area contributed by atoms with E-state index >= 15 is 0 Å². The van der Waals surface area contributed by atoms with Crippen LogP contribution in [-0.4, -0.2) is 32.9 Å². The van der Waals surface area contributed by atoms with Crippen LogP contribution in [-0.2, 0) is 10.0 Å². The number of benzene rings is 1. The zero-order valence-electron chi connectivity index (χ0n) is 11.3. The molecule has 5 nitrogen and oxygen atoms in total. The second-order valence-electron chi connectivity index (χ2n) is 4.38. The standard InChI is InChI=1S/C12H18Cl2N2O3S/c1-3-10(15-6-7-16-20(2,18)19)8-4-5-9(13)11(14)12(8)17/h4-5,10,15-17H,3,6-7H2,1-2H3/t10-/m1/s1. The maximum atomic E-state index is 10.9. The van der Waals surface area contributed by atoms with Crippen molar-refractivity contribution in [2.45, 2.75) is 19.4 Å². The third-order valence-electron chi connectivity index (χ3n) is 2.76. The molecule has 0 saturated heterocycles. The van der Waals surface area contributed by atoms with E-state index in [1.54, 1.807) is 12.1 Å². The first-order chi connectivity index (χ1) is 9.26. The molecule has 1 aromatic rings. The minimum atomic E-state index is -3.19. The summed E-state index contributed by atoms with van der Waals surface area (Å²) in [5.74, 6) is -0.0467. The largest absolute Gasteiger partial charge is 0.506 e. The van der Waals surface area contributed by atoms with Crippen molar-refractivity contribution in [2.24, 2.45) is 0 Å². The van der Waals surface area contributed by atoms with Crippen LogP contribution < -0.4 is 10.0 Å². The molecule has 114 valence electrons. The van der Waals surface area contributed by atoms with Crippen molar-refractivity contribution < 1.29 is 13.5 Å². The SMILES string of the molecule is CC[C@@H](NCCNS(C)(=O)=O)c1ccc(Cl)c(Cl)c1O. The van der Waals surface area contributed by atoms with Crippen LogP contribution >= 0.6 is 23.2 Å². The summed E-state index contributed by atoms with van der Waals surface area (Å²) in [5.41, 5.74) is 0.640. The van der Waals surface area contributed by atoms with Gasteiger partial charge in [-0.2, -0.15) is 0 Å². The molecule has 0 saturated carbocycles. The lowest BCUT2D eigenvalue weighted by Crippen LogP contribution is -2.32. The van der Waals surface area contributed by atoms with E-state index in [1.165, 1.54) is 0 Å². The van der Waals surface area contributed by atoms with Gasteiger partial charge in [0.2, 0.25) is 10.0 Å². The molecular weight excluding hydrogens is 323 g/mol. The summed E-state index contributed by atoms with van der Waals surface area (Å²) < 4.78 is 24.3. The number of rotatable bonds is 7. The van der Waals surface area contributed by atoms with E-state index in [-0.39, 0.29) is 23.4 Å². The first-order valence-corrected chi connectivity index (χ1v) is 8.76. The van der Waals surface area contributed by atoms with Gasteiger partial charge in [0, 0.05) is 24.7 Å². The van der Waals surface area contributed by atoms with Gasteiger partial charge < -0.3 is 10.4 Å². The Morgan fingerprint density at radius 2 is 1.95 bits per heavy atom. The summed E-state index contributed by atoms with van der Waals surface area (Å²) in [6.45, 7) is 2.66. The van der Waals surface area contributed by atoms with Gasteiger partial charge >= 0.3 is 0 Å². The molecule has 1 atom stereocenters. The summed E-state index contributed by atoms with van der Waals surface area (Å²) in [7, 11) is -3.19. The van der Waals surface area contributed by atoms with Crippen LogP contribution in [0.15, 0.2) is 12.1 Å². The summed E-state index contributed by atoms with van der Waals surface area (Å²) in [6, 6.07) is 3.19. The van der Waals surface area contributed by atoms with Crippen molar-refractivity contribution in [3.8, 4) is 5.75 Å². The average Bonchev–Trinajstić information content (AvgIpc) is 2.36. The van der Waals surface area contributed by atoms with Crippen LogP contribution in [0.25, 0.3) is 0 Å². The summed E-state index contributed by atoms with van der Waals surface area (Å²) in [5, 5.41) is 13.6. The van der Waals surface area contributed by atoms with E-state index in [0.717, 1.165) is 6.26 Å². The van der Waals surface area contributed by atoms with Crippen molar-refractivity contribution in [3.63, 3.8) is 0 Å². The lowest BCUT2D eigenvalue weighted by Gasteiger charge is -2.19. The first-order valence-electron chi connectivity index (χ1n) is 6.11. The molecule has 0 fully saturated rings. The van der Waals surface area contributed by atoms with Gasteiger partial charge in [0.15, 0.2) is 0 Å². The van der Waals surface area contributed by atoms with Gasteiger partial charge in [-0.15, -0.1) is 0 Å².